The van der Waals surface area contributed by atoms with Gasteiger partial charge in [0.2, 0.25) is 5.88 Å². The molecule has 0 N–H and O–H groups in total. The van der Waals surface area contributed by atoms with Crippen LogP contribution in [-0.4, -0.2) is 41.5 Å². The normalized spacial score (nSPS) is 10.5. The maximum absolute atomic E-state index is 12.3. The van der Waals surface area contributed by atoms with Gasteiger partial charge in [-0.3, -0.25) is 4.79 Å². The van der Waals surface area contributed by atoms with Gasteiger partial charge in [-0.1, -0.05) is 24.3 Å². The van der Waals surface area contributed by atoms with Crippen LogP contribution in [0.15, 0.2) is 54.9 Å². The van der Waals surface area contributed by atoms with Crippen molar-refractivity contribution < 1.29 is 14.3 Å². The summed E-state index contributed by atoms with van der Waals surface area (Å²) in [6, 6.07) is 15.1. The van der Waals surface area contributed by atoms with Gasteiger partial charge in [-0.15, -0.1) is 0 Å². The van der Waals surface area contributed by atoms with Crippen molar-refractivity contribution in [3.63, 3.8) is 0 Å². The molecule has 3 aromatic rings. The van der Waals surface area contributed by atoms with Crippen molar-refractivity contribution in [1.29, 1.82) is 0 Å². The van der Waals surface area contributed by atoms with E-state index in [-0.39, 0.29) is 12.5 Å². The second-order valence-corrected chi connectivity index (χ2v) is 5.59. The highest BCUT2D eigenvalue weighted by Crippen LogP contribution is 2.20. The van der Waals surface area contributed by atoms with Crippen LogP contribution >= 0.6 is 0 Å². The van der Waals surface area contributed by atoms with E-state index in [9.17, 15) is 4.79 Å². The summed E-state index contributed by atoms with van der Waals surface area (Å²) in [5.41, 5.74) is 1.77. The van der Waals surface area contributed by atoms with Crippen LogP contribution in [0.25, 0.3) is 10.9 Å². The summed E-state index contributed by atoms with van der Waals surface area (Å²) < 4.78 is 10.8. The lowest BCUT2D eigenvalue weighted by atomic mass is 10.2. The SMILES string of the molecule is COc1cccc(CN(C)C(=O)COc2ncnc3ccccc23)c1. The lowest BCUT2D eigenvalue weighted by molar-refractivity contribution is -0.132. The zero-order valence-electron chi connectivity index (χ0n) is 14.2. The summed E-state index contributed by atoms with van der Waals surface area (Å²) in [5, 5.41) is 0.785. The molecule has 0 aliphatic rings. The van der Waals surface area contributed by atoms with Gasteiger partial charge in [0, 0.05) is 13.6 Å². The first-order valence-corrected chi connectivity index (χ1v) is 7.87. The molecule has 0 fully saturated rings. The molecule has 0 aliphatic heterocycles. The average molecular weight is 337 g/mol. The number of benzene rings is 2. The van der Waals surface area contributed by atoms with Gasteiger partial charge in [0.1, 0.15) is 12.1 Å². The van der Waals surface area contributed by atoms with Crippen LogP contribution in [0, 0.1) is 0 Å². The van der Waals surface area contributed by atoms with Gasteiger partial charge in [-0.05, 0) is 29.8 Å². The van der Waals surface area contributed by atoms with E-state index < -0.39 is 0 Å². The van der Waals surface area contributed by atoms with Crippen LogP contribution in [0.5, 0.6) is 11.6 Å². The fraction of sp³-hybridized carbons (Fsp3) is 0.211. The second kappa shape index (κ2) is 7.61. The van der Waals surface area contributed by atoms with E-state index >= 15 is 0 Å². The van der Waals surface area contributed by atoms with Gasteiger partial charge in [-0.2, -0.15) is 0 Å². The molecule has 0 spiro atoms. The molecule has 0 radical (unpaired) electrons. The number of hydrogen-bond acceptors (Lipinski definition) is 5. The molecule has 6 heteroatoms. The number of methoxy groups -OCH3 is 1. The second-order valence-electron chi connectivity index (χ2n) is 5.59. The van der Waals surface area contributed by atoms with Crippen LogP contribution in [0.2, 0.25) is 0 Å². The van der Waals surface area contributed by atoms with E-state index in [1.54, 1.807) is 19.1 Å². The molecule has 1 heterocycles. The van der Waals surface area contributed by atoms with E-state index in [2.05, 4.69) is 9.97 Å². The predicted octanol–water partition coefficient (Wildman–Crippen LogP) is 2.68. The molecule has 0 bridgehead atoms. The van der Waals surface area contributed by atoms with Crippen LogP contribution in [0.3, 0.4) is 0 Å². The van der Waals surface area contributed by atoms with Crippen molar-refractivity contribution in [2.24, 2.45) is 0 Å². The Bertz CT molecular complexity index is 877. The van der Waals surface area contributed by atoms with Crippen molar-refractivity contribution in [1.82, 2.24) is 14.9 Å². The van der Waals surface area contributed by atoms with Crippen LogP contribution in [-0.2, 0) is 11.3 Å². The lowest BCUT2D eigenvalue weighted by Gasteiger charge is -2.18. The number of aromatic nitrogens is 2. The first-order valence-electron chi connectivity index (χ1n) is 7.87. The van der Waals surface area contributed by atoms with Gasteiger partial charge in [-0.25, -0.2) is 9.97 Å². The summed E-state index contributed by atoms with van der Waals surface area (Å²) in [7, 11) is 3.36. The summed E-state index contributed by atoms with van der Waals surface area (Å²) in [4.78, 5) is 22.2. The van der Waals surface area contributed by atoms with Crippen LogP contribution in [0.4, 0.5) is 0 Å². The molecule has 0 aliphatic carbocycles. The van der Waals surface area contributed by atoms with E-state index in [0.29, 0.717) is 12.4 Å². The zero-order chi connectivity index (χ0) is 17.6. The molecule has 3 rings (SSSR count). The quantitative estimate of drug-likeness (QED) is 0.692. The highest BCUT2D eigenvalue weighted by atomic mass is 16.5. The fourth-order valence-electron chi connectivity index (χ4n) is 2.47. The topological polar surface area (TPSA) is 64.5 Å². The molecule has 0 saturated heterocycles. The molecule has 128 valence electrons. The number of amides is 1. The highest BCUT2D eigenvalue weighted by Gasteiger charge is 2.12. The number of nitrogens with zero attached hydrogens (tertiary/aromatic N) is 3. The largest absolute Gasteiger partial charge is 0.497 e. The van der Waals surface area contributed by atoms with Crippen molar-refractivity contribution in [3.8, 4) is 11.6 Å². The van der Waals surface area contributed by atoms with Crippen LogP contribution < -0.4 is 9.47 Å². The van der Waals surface area contributed by atoms with E-state index in [0.717, 1.165) is 22.2 Å². The molecular weight excluding hydrogens is 318 g/mol. The third-order valence-corrected chi connectivity index (χ3v) is 3.82. The van der Waals surface area contributed by atoms with Crippen molar-refractivity contribution in [2.75, 3.05) is 20.8 Å². The standard InChI is InChI=1S/C19H19N3O3/c1-22(11-14-6-5-7-15(10-14)24-2)18(23)12-25-19-16-8-3-4-9-17(16)20-13-21-19/h3-10,13H,11-12H2,1-2H3. The van der Waals surface area contributed by atoms with Gasteiger partial charge in [0.15, 0.2) is 6.61 Å². The van der Waals surface area contributed by atoms with E-state index in [1.165, 1.54) is 6.33 Å². The Kier molecular flexibility index (Phi) is 5.09. The molecule has 25 heavy (non-hydrogen) atoms. The monoisotopic (exact) mass is 337 g/mol. The fourth-order valence-corrected chi connectivity index (χ4v) is 2.47. The molecular formula is C19H19N3O3. The van der Waals surface area contributed by atoms with Gasteiger partial charge < -0.3 is 14.4 Å². The number of para-hydroxylation sites is 1. The maximum atomic E-state index is 12.3. The summed E-state index contributed by atoms with van der Waals surface area (Å²) in [6.07, 6.45) is 1.43. The number of hydrogen-bond donors (Lipinski definition) is 0. The number of rotatable bonds is 6. The number of ether oxygens (including phenoxy) is 2. The smallest absolute Gasteiger partial charge is 0.260 e. The minimum atomic E-state index is -0.134. The van der Waals surface area contributed by atoms with Crippen LogP contribution in [0.1, 0.15) is 5.56 Å². The molecule has 0 saturated carbocycles. The summed E-state index contributed by atoms with van der Waals surface area (Å²) in [6.45, 7) is 0.394. The van der Waals surface area contributed by atoms with Crippen molar-refractivity contribution in [3.05, 3.63) is 60.4 Å². The first-order chi connectivity index (χ1) is 12.2. The minimum absolute atomic E-state index is 0.0819. The number of likely N-dealkylation sites (N-methyl/N-ethyl adjacent to an activating group) is 1. The van der Waals surface area contributed by atoms with Gasteiger partial charge in [0.05, 0.1) is 18.0 Å². The Balaban J connectivity index is 1.63. The van der Waals surface area contributed by atoms with E-state index in [1.807, 2.05) is 48.5 Å². The molecule has 1 aromatic heterocycles. The minimum Gasteiger partial charge on any atom is -0.497 e. The Hall–Kier alpha value is -3.15. The van der Waals surface area contributed by atoms with Gasteiger partial charge >= 0.3 is 0 Å². The lowest BCUT2D eigenvalue weighted by Crippen LogP contribution is -2.31. The number of carbonyl (C=O) groups is 1. The summed E-state index contributed by atoms with van der Waals surface area (Å²) in [5.74, 6) is 1.04. The average Bonchev–Trinajstić information content (AvgIpc) is 2.66. The van der Waals surface area contributed by atoms with Crippen molar-refractivity contribution in [2.45, 2.75) is 6.54 Å². The van der Waals surface area contributed by atoms with Crippen molar-refractivity contribution >= 4 is 16.8 Å². The van der Waals surface area contributed by atoms with Gasteiger partial charge in [0.25, 0.3) is 5.91 Å². The third-order valence-electron chi connectivity index (χ3n) is 3.82. The third kappa shape index (κ3) is 4.03. The zero-order valence-corrected chi connectivity index (χ0v) is 14.2. The maximum Gasteiger partial charge on any atom is 0.260 e. The number of fused-ring (bicyclic) bond motifs is 1. The molecule has 0 unspecified atom stereocenters. The Morgan fingerprint density at radius 3 is 2.80 bits per heavy atom. The molecule has 0 atom stereocenters. The Labute approximate surface area is 146 Å². The Morgan fingerprint density at radius 1 is 1.12 bits per heavy atom. The molecule has 2 aromatic carbocycles. The number of carbonyl (C=O) groups excluding carboxylic acids is 1. The molecule has 1 amide bonds. The highest BCUT2D eigenvalue weighted by molar-refractivity contribution is 5.84. The Morgan fingerprint density at radius 2 is 1.96 bits per heavy atom. The summed E-state index contributed by atoms with van der Waals surface area (Å²) >= 11 is 0. The van der Waals surface area contributed by atoms with E-state index in [4.69, 9.17) is 9.47 Å². The molecule has 6 nitrogen and oxygen atoms in total. The predicted molar refractivity (Wildman–Crippen MR) is 94.5 cm³/mol. The first kappa shape index (κ1) is 16.7.